The van der Waals surface area contributed by atoms with Gasteiger partial charge in [0, 0.05) is 21.7 Å². The van der Waals surface area contributed by atoms with Crippen molar-refractivity contribution in [3.8, 4) is 10.4 Å². The van der Waals surface area contributed by atoms with E-state index in [9.17, 15) is 4.79 Å². The van der Waals surface area contributed by atoms with Gasteiger partial charge in [-0.15, -0.1) is 32.9 Å². The second kappa shape index (κ2) is 8.16. The van der Waals surface area contributed by atoms with E-state index in [-0.39, 0.29) is 10.8 Å². The number of rotatable bonds is 5. The molecule has 0 saturated heterocycles. The number of H-pyrrole nitrogens is 1. The van der Waals surface area contributed by atoms with E-state index in [1.165, 1.54) is 42.4 Å². The number of nitrogens with zero attached hydrogens (tertiary/aromatic N) is 4. The fourth-order valence-corrected chi connectivity index (χ4v) is 6.60. The number of thioether (sulfide) groups is 1. The molecule has 1 saturated carbocycles. The molecule has 156 valence electrons. The van der Waals surface area contributed by atoms with Crippen LogP contribution in [-0.2, 0) is 0 Å². The van der Waals surface area contributed by atoms with Gasteiger partial charge in [-0.1, -0.05) is 37.1 Å². The molecule has 1 atom stereocenters. The number of nitrogen functional groups attached to an aromatic ring is 1. The van der Waals surface area contributed by atoms with Crippen LogP contribution in [0.5, 0.6) is 0 Å². The van der Waals surface area contributed by atoms with E-state index in [0.29, 0.717) is 22.3 Å². The van der Waals surface area contributed by atoms with Gasteiger partial charge in [0.1, 0.15) is 10.7 Å². The van der Waals surface area contributed by atoms with Crippen molar-refractivity contribution in [2.75, 3.05) is 5.84 Å². The summed E-state index contributed by atoms with van der Waals surface area (Å²) in [5.41, 5.74) is 0.841. The van der Waals surface area contributed by atoms with Crippen LogP contribution in [0.15, 0.2) is 32.8 Å². The third-order valence-corrected chi connectivity index (χ3v) is 8.42. The third kappa shape index (κ3) is 3.57. The first-order valence-corrected chi connectivity index (χ1v) is 12.7. The van der Waals surface area contributed by atoms with Crippen molar-refractivity contribution in [2.45, 2.75) is 55.4 Å². The van der Waals surface area contributed by atoms with Gasteiger partial charge in [-0.25, -0.2) is 9.66 Å². The lowest BCUT2D eigenvalue weighted by molar-refractivity contribution is 0.421. The standard InChI is InChI=1S/C20H22N6OS3/c1-11(30-20-25-24-17(26(20)21)12-6-3-2-4-7-12)16-22-18(27)15-13(10-29-19(15)23-16)14-8-5-9-28-14/h5,8-12H,2-4,6-7,21H2,1H3,(H,22,23,27)/t11-/m0/s1. The zero-order valence-corrected chi connectivity index (χ0v) is 18.9. The number of aromatic nitrogens is 5. The molecule has 3 N–H and O–H groups in total. The predicted octanol–water partition coefficient (Wildman–Crippen LogP) is 4.92. The maximum Gasteiger partial charge on any atom is 0.260 e. The summed E-state index contributed by atoms with van der Waals surface area (Å²) >= 11 is 4.59. The SMILES string of the molecule is C[C@H](Sc1nnc(C2CCCCC2)n1N)c1nc2scc(-c3cccs3)c2c(=O)[nH]1. The molecule has 0 spiro atoms. The Balaban J connectivity index is 1.41. The van der Waals surface area contributed by atoms with Gasteiger partial charge in [-0.3, -0.25) is 4.79 Å². The lowest BCUT2D eigenvalue weighted by atomic mass is 9.89. The number of thiophene rings is 2. The summed E-state index contributed by atoms with van der Waals surface area (Å²) in [4.78, 5) is 22.4. The molecule has 5 rings (SSSR count). The van der Waals surface area contributed by atoms with Crippen molar-refractivity contribution in [3.63, 3.8) is 0 Å². The first kappa shape index (κ1) is 19.8. The molecule has 0 radical (unpaired) electrons. The first-order valence-electron chi connectivity index (χ1n) is 10.0. The van der Waals surface area contributed by atoms with Gasteiger partial charge < -0.3 is 10.8 Å². The Morgan fingerprint density at radius 1 is 1.27 bits per heavy atom. The van der Waals surface area contributed by atoms with Crippen LogP contribution in [0, 0.1) is 0 Å². The molecule has 0 unspecified atom stereocenters. The summed E-state index contributed by atoms with van der Waals surface area (Å²) in [5, 5.41) is 13.9. The average Bonchev–Trinajstić information content (AvgIpc) is 3.49. The maximum atomic E-state index is 12.9. The smallest absolute Gasteiger partial charge is 0.260 e. The third-order valence-electron chi connectivity index (χ3n) is 5.58. The fourth-order valence-electron chi connectivity index (χ4n) is 3.99. The summed E-state index contributed by atoms with van der Waals surface area (Å²) in [5.74, 6) is 8.19. The van der Waals surface area contributed by atoms with Gasteiger partial charge in [0.25, 0.3) is 5.56 Å². The van der Waals surface area contributed by atoms with Crippen LogP contribution in [0.3, 0.4) is 0 Å². The van der Waals surface area contributed by atoms with Crippen LogP contribution >= 0.6 is 34.4 Å². The van der Waals surface area contributed by atoms with Gasteiger partial charge in [-0.05, 0) is 31.2 Å². The minimum absolute atomic E-state index is 0.107. The highest BCUT2D eigenvalue weighted by Gasteiger charge is 2.24. The molecular formula is C20H22N6OS3. The Hall–Kier alpha value is -2.17. The van der Waals surface area contributed by atoms with Crippen LogP contribution in [-0.4, -0.2) is 24.8 Å². The number of nitrogens with one attached hydrogen (secondary N) is 1. The second-order valence-electron chi connectivity index (χ2n) is 7.56. The highest BCUT2D eigenvalue weighted by Crippen LogP contribution is 2.37. The molecule has 4 aromatic heterocycles. The van der Waals surface area contributed by atoms with Crippen molar-refractivity contribution < 1.29 is 0 Å². The highest BCUT2D eigenvalue weighted by molar-refractivity contribution is 7.99. The van der Waals surface area contributed by atoms with E-state index in [1.807, 2.05) is 29.8 Å². The number of hydrogen-bond acceptors (Lipinski definition) is 8. The van der Waals surface area contributed by atoms with E-state index in [2.05, 4.69) is 15.2 Å². The van der Waals surface area contributed by atoms with Crippen LogP contribution in [0.2, 0.25) is 0 Å². The average molecular weight is 459 g/mol. The number of hydrogen-bond donors (Lipinski definition) is 2. The highest BCUT2D eigenvalue weighted by atomic mass is 32.2. The van der Waals surface area contributed by atoms with Crippen LogP contribution in [0.25, 0.3) is 20.7 Å². The Labute approximate surface area is 185 Å². The number of nitrogens with two attached hydrogens (primary N) is 1. The number of fused-ring (bicyclic) bond motifs is 1. The second-order valence-corrected chi connectivity index (χ2v) is 10.7. The largest absolute Gasteiger partial charge is 0.336 e. The molecule has 7 nitrogen and oxygen atoms in total. The summed E-state index contributed by atoms with van der Waals surface area (Å²) in [6.45, 7) is 2.00. The molecule has 30 heavy (non-hydrogen) atoms. The number of aromatic amines is 1. The van der Waals surface area contributed by atoms with Gasteiger partial charge in [0.05, 0.1) is 10.6 Å². The van der Waals surface area contributed by atoms with Crippen LogP contribution in [0.1, 0.15) is 61.8 Å². The molecule has 0 aliphatic heterocycles. The first-order chi connectivity index (χ1) is 14.6. The summed E-state index contributed by atoms with van der Waals surface area (Å²) in [6, 6.07) is 4.01. The van der Waals surface area contributed by atoms with Gasteiger partial charge >= 0.3 is 0 Å². The zero-order chi connectivity index (χ0) is 20.7. The molecule has 0 bridgehead atoms. The van der Waals surface area contributed by atoms with E-state index in [1.54, 1.807) is 16.0 Å². The van der Waals surface area contributed by atoms with Crippen LogP contribution < -0.4 is 11.4 Å². The zero-order valence-electron chi connectivity index (χ0n) is 16.5. The molecule has 1 fully saturated rings. The van der Waals surface area contributed by atoms with Crippen LogP contribution in [0.4, 0.5) is 0 Å². The molecule has 10 heteroatoms. The fraction of sp³-hybridized carbons (Fsp3) is 0.400. The lowest BCUT2D eigenvalue weighted by Gasteiger charge is -2.20. The monoisotopic (exact) mass is 458 g/mol. The lowest BCUT2D eigenvalue weighted by Crippen LogP contribution is -2.19. The Morgan fingerprint density at radius 3 is 2.87 bits per heavy atom. The molecule has 0 aromatic carbocycles. The molecule has 4 heterocycles. The molecule has 1 aliphatic carbocycles. The molecule has 0 amide bonds. The van der Waals surface area contributed by atoms with Crippen molar-refractivity contribution in [1.29, 1.82) is 0 Å². The molecular weight excluding hydrogens is 436 g/mol. The summed E-state index contributed by atoms with van der Waals surface area (Å²) in [6.07, 6.45) is 5.95. The normalized spacial score (nSPS) is 16.3. The summed E-state index contributed by atoms with van der Waals surface area (Å²) < 4.78 is 1.62. The van der Waals surface area contributed by atoms with E-state index < -0.39 is 0 Å². The minimum atomic E-state index is -0.111. The van der Waals surface area contributed by atoms with Crippen molar-refractivity contribution in [1.82, 2.24) is 24.8 Å². The Kier molecular flexibility index (Phi) is 5.38. The van der Waals surface area contributed by atoms with Gasteiger partial charge in [0.2, 0.25) is 5.16 Å². The predicted molar refractivity (Wildman–Crippen MR) is 124 cm³/mol. The van der Waals surface area contributed by atoms with E-state index in [4.69, 9.17) is 10.8 Å². The molecule has 4 aromatic rings. The van der Waals surface area contributed by atoms with Crippen molar-refractivity contribution >= 4 is 44.7 Å². The van der Waals surface area contributed by atoms with E-state index in [0.717, 1.165) is 33.9 Å². The molecule has 1 aliphatic rings. The van der Waals surface area contributed by atoms with Gasteiger partial charge in [-0.2, -0.15) is 0 Å². The quantitative estimate of drug-likeness (QED) is 0.325. The maximum absolute atomic E-state index is 12.9. The topological polar surface area (TPSA) is 102 Å². The Bertz CT molecular complexity index is 1220. The minimum Gasteiger partial charge on any atom is -0.336 e. The Morgan fingerprint density at radius 2 is 2.10 bits per heavy atom. The van der Waals surface area contributed by atoms with Crippen molar-refractivity contribution in [3.05, 3.63) is 44.9 Å². The summed E-state index contributed by atoms with van der Waals surface area (Å²) in [7, 11) is 0. The van der Waals surface area contributed by atoms with Gasteiger partial charge in [0.15, 0.2) is 5.82 Å². The van der Waals surface area contributed by atoms with Crippen molar-refractivity contribution in [2.24, 2.45) is 0 Å². The van der Waals surface area contributed by atoms with E-state index >= 15 is 0 Å².